The van der Waals surface area contributed by atoms with E-state index in [9.17, 15) is 9.59 Å². The van der Waals surface area contributed by atoms with Crippen LogP contribution in [0.1, 0.15) is 10.5 Å². The molecule has 0 radical (unpaired) electrons. The minimum Gasteiger partial charge on any atom is -0.495 e. The number of halogens is 1. The molecular weight excluding hydrogens is 302 g/mol. The van der Waals surface area contributed by atoms with Gasteiger partial charge in [0.1, 0.15) is 11.4 Å². The van der Waals surface area contributed by atoms with Gasteiger partial charge >= 0.3 is 5.69 Å². The molecule has 0 spiro atoms. The Bertz CT molecular complexity index is 632. The lowest BCUT2D eigenvalue weighted by Crippen LogP contribution is -2.14. The molecule has 2 aromatic rings. The summed E-state index contributed by atoms with van der Waals surface area (Å²) in [5, 5.41) is 2.65. The lowest BCUT2D eigenvalue weighted by Gasteiger charge is -2.09. The van der Waals surface area contributed by atoms with Crippen molar-refractivity contribution in [2.45, 2.75) is 0 Å². The van der Waals surface area contributed by atoms with Crippen molar-refractivity contribution in [3.63, 3.8) is 0 Å². The number of methoxy groups -OCH3 is 1. The molecule has 1 aromatic heterocycles. The Kier molecular flexibility index (Phi) is 3.52. The summed E-state index contributed by atoms with van der Waals surface area (Å²) in [4.78, 5) is 27.5. The summed E-state index contributed by atoms with van der Waals surface area (Å²) < 4.78 is 5.93. The highest BCUT2D eigenvalue weighted by Gasteiger charge is 2.11. The molecule has 94 valence electrons. The van der Waals surface area contributed by atoms with Gasteiger partial charge in [0.15, 0.2) is 0 Å². The number of carbonyl (C=O) groups is 1. The summed E-state index contributed by atoms with van der Waals surface area (Å²) in [5.74, 6) is 0.106. The third kappa shape index (κ3) is 2.62. The van der Waals surface area contributed by atoms with Gasteiger partial charge in [-0.25, -0.2) is 4.79 Å². The van der Waals surface area contributed by atoms with Gasteiger partial charge in [-0.2, -0.15) is 0 Å². The first-order chi connectivity index (χ1) is 8.60. The first kappa shape index (κ1) is 12.4. The number of imidazole rings is 1. The fourth-order valence-electron chi connectivity index (χ4n) is 1.42. The molecule has 0 unspecified atom stereocenters. The van der Waals surface area contributed by atoms with Crippen LogP contribution in [0.25, 0.3) is 0 Å². The third-order valence-electron chi connectivity index (χ3n) is 2.25. The van der Waals surface area contributed by atoms with Crippen LogP contribution >= 0.6 is 15.9 Å². The summed E-state index contributed by atoms with van der Waals surface area (Å²) in [6, 6.07) is 5.23. The van der Waals surface area contributed by atoms with Crippen molar-refractivity contribution in [2.24, 2.45) is 0 Å². The van der Waals surface area contributed by atoms with Crippen molar-refractivity contribution in [1.29, 1.82) is 0 Å². The molecule has 0 aliphatic heterocycles. The normalized spacial score (nSPS) is 10.1. The molecule has 1 heterocycles. The molecule has 18 heavy (non-hydrogen) atoms. The molecular formula is C11H10BrN3O3. The molecule has 1 aromatic carbocycles. The molecule has 0 bridgehead atoms. The van der Waals surface area contributed by atoms with Crippen molar-refractivity contribution in [3.05, 3.63) is 45.0 Å². The summed E-state index contributed by atoms with van der Waals surface area (Å²) in [6.07, 6.45) is 1.31. The Morgan fingerprint density at radius 1 is 1.44 bits per heavy atom. The van der Waals surface area contributed by atoms with Crippen LogP contribution in [-0.2, 0) is 0 Å². The second kappa shape index (κ2) is 5.09. The summed E-state index contributed by atoms with van der Waals surface area (Å²) in [5.41, 5.74) is 0.238. The number of hydrogen-bond donors (Lipinski definition) is 3. The number of anilines is 1. The van der Waals surface area contributed by atoms with Crippen LogP contribution in [-0.4, -0.2) is 23.0 Å². The standard InChI is InChI=1S/C11H10BrN3O3/c1-18-9-3-2-6(12)4-7(9)14-10(16)8-5-13-11(17)15-8/h2-5H,1H3,(H,14,16)(H2,13,15,17). The summed E-state index contributed by atoms with van der Waals surface area (Å²) >= 11 is 3.30. The van der Waals surface area contributed by atoms with Crippen LogP contribution in [0, 0.1) is 0 Å². The number of hydrogen-bond acceptors (Lipinski definition) is 3. The molecule has 1 amide bonds. The van der Waals surface area contributed by atoms with Crippen molar-refractivity contribution in [3.8, 4) is 5.75 Å². The van der Waals surface area contributed by atoms with E-state index in [4.69, 9.17) is 4.74 Å². The predicted molar refractivity (Wildman–Crippen MR) is 70.1 cm³/mol. The van der Waals surface area contributed by atoms with E-state index in [0.29, 0.717) is 11.4 Å². The van der Waals surface area contributed by atoms with Gasteiger partial charge < -0.3 is 20.0 Å². The Labute approximate surface area is 111 Å². The van der Waals surface area contributed by atoms with E-state index < -0.39 is 11.6 Å². The zero-order valence-corrected chi connectivity index (χ0v) is 11.0. The van der Waals surface area contributed by atoms with Gasteiger partial charge in [0, 0.05) is 10.7 Å². The van der Waals surface area contributed by atoms with Gasteiger partial charge in [-0.15, -0.1) is 0 Å². The van der Waals surface area contributed by atoms with E-state index in [2.05, 4.69) is 31.2 Å². The van der Waals surface area contributed by atoms with Gasteiger partial charge in [-0.05, 0) is 18.2 Å². The maximum absolute atomic E-state index is 11.8. The van der Waals surface area contributed by atoms with E-state index >= 15 is 0 Å². The predicted octanol–water partition coefficient (Wildman–Crippen LogP) is 1.73. The molecule has 0 aliphatic rings. The number of ether oxygens (including phenoxy) is 1. The molecule has 0 fully saturated rings. The van der Waals surface area contributed by atoms with Gasteiger partial charge in [0.05, 0.1) is 12.8 Å². The first-order valence-electron chi connectivity index (χ1n) is 5.02. The highest BCUT2D eigenvalue weighted by Crippen LogP contribution is 2.28. The van der Waals surface area contributed by atoms with Crippen molar-refractivity contribution in [2.75, 3.05) is 12.4 Å². The highest BCUT2D eigenvalue weighted by atomic mass is 79.9. The molecule has 0 saturated carbocycles. The number of rotatable bonds is 3. The minimum atomic E-state index is -0.429. The van der Waals surface area contributed by atoms with Crippen LogP contribution in [0.2, 0.25) is 0 Å². The van der Waals surface area contributed by atoms with E-state index in [1.165, 1.54) is 13.3 Å². The Balaban J connectivity index is 2.26. The maximum atomic E-state index is 11.8. The van der Waals surface area contributed by atoms with E-state index in [-0.39, 0.29) is 5.69 Å². The van der Waals surface area contributed by atoms with Crippen LogP contribution in [0.3, 0.4) is 0 Å². The van der Waals surface area contributed by atoms with Crippen molar-refractivity contribution >= 4 is 27.5 Å². The Morgan fingerprint density at radius 3 is 2.83 bits per heavy atom. The number of carbonyl (C=O) groups excluding carboxylic acids is 1. The molecule has 3 N–H and O–H groups in total. The average molecular weight is 312 g/mol. The Morgan fingerprint density at radius 2 is 2.22 bits per heavy atom. The third-order valence-corrected chi connectivity index (χ3v) is 2.74. The second-order valence-electron chi connectivity index (χ2n) is 3.46. The molecule has 7 heteroatoms. The van der Waals surface area contributed by atoms with E-state index in [0.717, 1.165) is 4.47 Å². The topological polar surface area (TPSA) is 87.0 Å². The lowest BCUT2D eigenvalue weighted by atomic mass is 10.3. The Hall–Kier alpha value is -2.02. The number of aromatic amines is 2. The van der Waals surface area contributed by atoms with Crippen LogP contribution in [0.5, 0.6) is 5.75 Å². The molecule has 6 nitrogen and oxygen atoms in total. The molecule has 0 saturated heterocycles. The number of benzene rings is 1. The van der Waals surface area contributed by atoms with Crippen molar-refractivity contribution in [1.82, 2.24) is 9.97 Å². The van der Waals surface area contributed by atoms with E-state index in [1.807, 2.05) is 0 Å². The monoisotopic (exact) mass is 311 g/mol. The lowest BCUT2D eigenvalue weighted by molar-refractivity contribution is 0.102. The highest BCUT2D eigenvalue weighted by molar-refractivity contribution is 9.10. The number of H-pyrrole nitrogens is 2. The number of aromatic nitrogens is 2. The molecule has 0 aliphatic carbocycles. The largest absolute Gasteiger partial charge is 0.495 e. The smallest absolute Gasteiger partial charge is 0.323 e. The van der Waals surface area contributed by atoms with Gasteiger partial charge in [0.25, 0.3) is 5.91 Å². The first-order valence-corrected chi connectivity index (χ1v) is 5.82. The summed E-state index contributed by atoms with van der Waals surface area (Å²) in [6.45, 7) is 0. The number of amides is 1. The molecule has 2 rings (SSSR count). The van der Waals surface area contributed by atoms with E-state index in [1.54, 1.807) is 18.2 Å². The maximum Gasteiger partial charge on any atom is 0.323 e. The molecule has 0 atom stereocenters. The van der Waals surface area contributed by atoms with Crippen LogP contribution < -0.4 is 15.7 Å². The zero-order valence-electron chi connectivity index (χ0n) is 9.41. The second-order valence-corrected chi connectivity index (χ2v) is 4.37. The fraction of sp³-hybridized carbons (Fsp3) is 0.0909. The SMILES string of the molecule is COc1ccc(Br)cc1NC(=O)c1c[nH]c(=O)[nH]1. The van der Waals surface area contributed by atoms with Gasteiger partial charge in [-0.3, -0.25) is 4.79 Å². The average Bonchev–Trinajstić information content (AvgIpc) is 2.76. The number of nitrogens with one attached hydrogen (secondary N) is 3. The van der Waals surface area contributed by atoms with Crippen molar-refractivity contribution < 1.29 is 9.53 Å². The van der Waals surface area contributed by atoms with Gasteiger partial charge in [0.2, 0.25) is 0 Å². The van der Waals surface area contributed by atoms with Crippen LogP contribution in [0.15, 0.2) is 33.7 Å². The van der Waals surface area contributed by atoms with Gasteiger partial charge in [-0.1, -0.05) is 15.9 Å². The summed E-state index contributed by atoms with van der Waals surface area (Å²) in [7, 11) is 1.51. The quantitative estimate of drug-likeness (QED) is 0.806. The van der Waals surface area contributed by atoms with Crippen LogP contribution in [0.4, 0.5) is 5.69 Å². The fourth-order valence-corrected chi connectivity index (χ4v) is 1.78. The minimum absolute atomic E-state index is 0.155. The zero-order chi connectivity index (χ0) is 13.1.